The Hall–Kier alpha value is -1.98. The molecule has 0 aliphatic heterocycles. The van der Waals surface area contributed by atoms with Crippen LogP contribution in [0.3, 0.4) is 0 Å². The third-order valence-electron chi connectivity index (χ3n) is 2.96. The highest BCUT2D eigenvalue weighted by Crippen LogP contribution is 1.98. The second-order valence-electron chi connectivity index (χ2n) is 4.80. The van der Waals surface area contributed by atoms with Crippen molar-refractivity contribution in [2.75, 3.05) is 26.7 Å². The number of unbranched alkanes of at least 4 members (excludes halogenated alkanes) is 1. The Labute approximate surface area is 126 Å². The molecule has 2 N–H and O–H groups in total. The summed E-state index contributed by atoms with van der Waals surface area (Å²) in [6.07, 6.45) is 3.82. The van der Waals surface area contributed by atoms with E-state index in [1.165, 1.54) is 0 Å². The highest BCUT2D eigenvalue weighted by atomic mass is 16.3. The van der Waals surface area contributed by atoms with Crippen LogP contribution in [0.4, 0.5) is 0 Å². The summed E-state index contributed by atoms with van der Waals surface area (Å²) in [4.78, 5) is 18.2. The largest absolute Gasteiger partial charge is 0.467 e. The van der Waals surface area contributed by atoms with Crippen molar-refractivity contribution in [1.82, 2.24) is 15.5 Å². The van der Waals surface area contributed by atoms with E-state index >= 15 is 0 Å². The number of hydrogen-bond donors (Lipinski definition) is 2. The molecule has 0 radical (unpaired) electrons. The number of aliphatic imine (C=N–C) groups is 1. The van der Waals surface area contributed by atoms with Gasteiger partial charge in [0.1, 0.15) is 12.3 Å². The highest BCUT2D eigenvalue weighted by molar-refractivity contribution is 5.84. The van der Waals surface area contributed by atoms with Gasteiger partial charge in [-0.1, -0.05) is 13.3 Å². The number of rotatable bonds is 8. The van der Waals surface area contributed by atoms with E-state index in [1.54, 1.807) is 12.3 Å². The molecule has 0 saturated heterocycles. The van der Waals surface area contributed by atoms with Crippen LogP contribution in [0.2, 0.25) is 0 Å². The van der Waals surface area contributed by atoms with Gasteiger partial charge in [-0.2, -0.15) is 0 Å². The molecule has 0 aliphatic carbocycles. The lowest BCUT2D eigenvalue weighted by atomic mass is 10.3. The lowest BCUT2D eigenvalue weighted by molar-refractivity contribution is -0.119. The topological polar surface area (TPSA) is 69.9 Å². The highest BCUT2D eigenvalue weighted by Gasteiger charge is 2.07. The number of hydrogen-bond acceptors (Lipinski definition) is 3. The SMILES string of the molecule is CCCCN(C)C(=NCC(=O)NCc1ccco1)NCC. The minimum Gasteiger partial charge on any atom is -0.467 e. The third kappa shape index (κ3) is 6.83. The fourth-order valence-corrected chi connectivity index (χ4v) is 1.77. The lowest BCUT2D eigenvalue weighted by Crippen LogP contribution is -2.40. The number of nitrogens with one attached hydrogen (secondary N) is 2. The normalized spacial score (nSPS) is 11.3. The number of carbonyl (C=O) groups excluding carboxylic acids is 1. The van der Waals surface area contributed by atoms with Crippen LogP contribution in [0.25, 0.3) is 0 Å². The van der Waals surface area contributed by atoms with Gasteiger partial charge in [-0.25, -0.2) is 4.99 Å². The molecule has 21 heavy (non-hydrogen) atoms. The molecule has 6 nitrogen and oxygen atoms in total. The first-order chi connectivity index (χ1) is 10.2. The van der Waals surface area contributed by atoms with Crippen LogP contribution >= 0.6 is 0 Å². The number of nitrogens with zero attached hydrogens (tertiary/aromatic N) is 2. The second kappa shape index (κ2) is 9.85. The third-order valence-corrected chi connectivity index (χ3v) is 2.96. The summed E-state index contributed by atoms with van der Waals surface area (Å²) in [6, 6.07) is 3.62. The molecule has 0 unspecified atom stereocenters. The van der Waals surface area contributed by atoms with Crippen molar-refractivity contribution in [2.24, 2.45) is 4.99 Å². The molecule has 0 atom stereocenters. The van der Waals surface area contributed by atoms with Crippen LogP contribution in [-0.4, -0.2) is 43.4 Å². The van der Waals surface area contributed by atoms with Gasteiger partial charge >= 0.3 is 0 Å². The van der Waals surface area contributed by atoms with Crippen molar-refractivity contribution in [3.05, 3.63) is 24.2 Å². The van der Waals surface area contributed by atoms with Crippen molar-refractivity contribution < 1.29 is 9.21 Å². The fraction of sp³-hybridized carbons (Fsp3) is 0.600. The van der Waals surface area contributed by atoms with Gasteiger partial charge in [-0.05, 0) is 25.5 Å². The summed E-state index contributed by atoms with van der Waals surface area (Å²) in [5.74, 6) is 1.38. The summed E-state index contributed by atoms with van der Waals surface area (Å²) in [5, 5.41) is 5.97. The van der Waals surface area contributed by atoms with E-state index in [4.69, 9.17) is 4.42 Å². The van der Waals surface area contributed by atoms with Crippen molar-refractivity contribution in [2.45, 2.75) is 33.2 Å². The Morgan fingerprint density at radius 1 is 1.38 bits per heavy atom. The number of amides is 1. The lowest BCUT2D eigenvalue weighted by Gasteiger charge is -2.21. The first-order valence-electron chi connectivity index (χ1n) is 7.45. The van der Waals surface area contributed by atoms with E-state index in [9.17, 15) is 4.79 Å². The summed E-state index contributed by atoms with van der Waals surface area (Å²) >= 11 is 0. The molecule has 1 amide bonds. The molecule has 1 aromatic rings. The Balaban J connectivity index is 2.42. The number of carbonyl (C=O) groups is 1. The Kier molecular flexibility index (Phi) is 8.01. The number of guanidine groups is 1. The molecular formula is C15H26N4O2. The van der Waals surface area contributed by atoms with E-state index < -0.39 is 0 Å². The maximum absolute atomic E-state index is 11.8. The molecule has 0 aliphatic rings. The number of furan rings is 1. The average Bonchev–Trinajstić information content (AvgIpc) is 3.00. The summed E-state index contributed by atoms with van der Waals surface area (Å²) in [6.45, 7) is 6.38. The van der Waals surface area contributed by atoms with Gasteiger partial charge in [-0.15, -0.1) is 0 Å². The summed E-state index contributed by atoms with van der Waals surface area (Å²) < 4.78 is 5.16. The first kappa shape index (κ1) is 17.1. The minimum atomic E-state index is -0.120. The summed E-state index contributed by atoms with van der Waals surface area (Å²) in [7, 11) is 1.98. The predicted molar refractivity (Wildman–Crippen MR) is 84.1 cm³/mol. The molecule has 0 spiro atoms. The smallest absolute Gasteiger partial charge is 0.242 e. The Bertz CT molecular complexity index is 429. The van der Waals surface area contributed by atoms with Crippen LogP contribution in [-0.2, 0) is 11.3 Å². The molecule has 1 aromatic heterocycles. The molecule has 0 saturated carbocycles. The Morgan fingerprint density at radius 3 is 2.81 bits per heavy atom. The van der Waals surface area contributed by atoms with E-state index in [2.05, 4.69) is 22.5 Å². The quantitative estimate of drug-likeness (QED) is 0.564. The fourth-order valence-electron chi connectivity index (χ4n) is 1.77. The maximum atomic E-state index is 11.8. The van der Waals surface area contributed by atoms with Crippen LogP contribution in [0.5, 0.6) is 0 Å². The zero-order valence-electron chi connectivity index (χ0n) is 13.2. The first-order valence-corrected chi connectivity index (χ1v) is 7.45. The van der Waals surface area contributed by atoms with E-state index in [-0.39, 0.29) is 12.5 Å². The van der Waals surface area contributed by atoms with Gasteiger partial charge in [-0.3, -0.25) is 4.79 Å². The average molecular weight is 294 g/mol. The van der Waals surface area contributed by atoms with Crippen molar-refractivity contribution in [3.63, 3.8) is 0 Å². The molecule has 118 valence electrons. The molecule has 0 bridgehead atoms. The zero-order chi connectivity index (χ0) is 15.5. The van der Waals surface area contributed by atoms with Gasteiger partial charge in [0.15, 0.2) is 5.96 Å². The Morgan fingerprint density at radius 2 is 2.19 bits per heavy atom. The van der Waals surface area contributed by atoms with Gasteiger partial charge in [0, 0.05) is 20.1 Å². The van der Waals surface area contributed by atoms with Crippen LogP contribution in [0, 0.1) is 0 Å². The molecular weight excluding hydrogens is 268 g/mol. The molecule has 1 heterocycles. The standard InChI is InChI=1S/C15H26N4O2/c1-4-6-9-19(3)15(16-5-2)18-12-14(20)17-11-13-8-7-10-21-13/h7-8,10H,4-6,9,11-12H2,1-3H3,(H,16,18)(H,17,20). The maximum Gasteiger partial charge on any atom is 0.242 e. The van der Waals surface area contributed by atoms with Gasteiger partial charge in [0.25, 0.3) is 0 Å². The van der Waals surface area contributed by atoms with Gasteiger partial charge in [0.2, 0.25) is 5.91 Å². The van der Waals surface area contributed by atoms with E-state index in [0.29, 0.717) is 6.54 Å². The zero-order valence-corrected chi connectivity index (χ0v) is 13.2. The second-order valence-corrected chi connectivity index (χ2v) is 4.80. The molecule has 0 aromatic carbocycles. The van der Waals surface area contributed by atoms with Gasteiger partial charge < -0.3 is 20.0 Å². The molecule has 0 fully saturated rings. The monoisotopic (exact) mass is 294 g/mol. The molecule has 1 rings (SSSR count). The van der Waals surface area contributed by atoms with E-state index in [0.717, 1.165) is 37.7 Å². The minimum absolute atomic E-state index is 0.111. The summed E-state index contributed by atoms with van der Waals surface area (Å²) in [5.41, 5.74) is 0. The molecule has 6 heteroatoms. The van der Waals surface area contributed by atoms with E-state index in [1.807, 2.05) is 24.9 Å². The predicted octanol–water partition coefficient (Wildman–Crippen LogP) is 1.59. The van der Waals surface area contributed by atoms with Crippen molar-refractivity contribution in [3.8, 4) is 0 Å². The van der Waals surface area contributed by atoms with Crippen LogP contribution < -0.4 is 10.6 Å². The van der Waals surface area contributed by atoms with Gasteiger partial charge in [0.05, 0.1) is 12.8 Å². The van der Waals surface area contributed by atoms with Crippen LogP contribution in [0.1, 0.15) is 32.4 Å². The van der Waals surface area contributed by atoms with Crippen LogP contribution in [0.15, 0.2) is 27.8 Å². The van der Waals surface area contributed by atoms with Crippen molar-refractivity contribution >= 4 is 11.9 Å². The van der Waals surface area contributed by atoms with Crippen molar-refractivity contribution in [1.29, 1.82) is 0 Å².